The smallest absolute Gasteiger partial charge is 0.168 e. The Labute approximate surface area is 174 Å². The molecule has 0 spiro atoms. The summed E-state index contributed by atoms with van der Waals surface area (Å²) in [4.78, 5) is 42.9. The van der Waals surface area contributed by atoms with Gasteiger partial charge in [-0.25, -0.2) is 9.97 Å². The van der Waals surface area contributed by atoms with Crippen LogP contribution in [0.5, 0.6) is 0 Å². The van der Waals surface area contributed by atoms with Crippen LogP contribution < -0.4 is 0 Å². The average molecular weight is 396 g/mol. The second-order valence-corrected chi connectivity index (χ2v) is 7.21. The fourth-order valence-electron chi connectivity index (χ4n) is 3.25. The van der Waals surface area contributed by atoms with Crippen LogP contribution in [0, 0.1) is 13.8 Å². The molecule has 0 amide bonds. The summed E-state index contributed by atoms with van der Waals surface area (Å²) in [5, 5.41) is 0. The van der Waals surface area contributed by atoms with Crippen molar-refractivity contribution in [3.63, 3.8) is 0 Å². The lowest BCUT2D eigenvalue weighted by Gasteiger charge is -2.11. The molecule has 0 aliphatic carbocycles. The summed E-state index contributed by atoms with van der Waals surface area (Å²) < 4.78 is 0. The van der Waals surface area contributed by atoms with Gasteiger partial charge < -0.3 is 0 Å². The van der Waals surface area contributed by atoms with Gasteiger partial charge in [-0.05, 0) is 61.4 Å². The highest BCUT2D eigenvalue weighted by atomic mass is 16.1. The van der Waals surface area contributed by atoms with E-state index in [-0.39, 0.29) is 24.4 Å². The van der Waals surface area contributed by atoms with Crippen molar-refractivity contribution in [2.45, 2.75) is 26.7 Å². The van der Waals surface area contributed by atoms with E-state index in [9.17, 15) is 9.59 Å². The molecule has 0 saturated heterocycles. The number of ketones is 2. The number of Topliss-reactive ketones (excluding diaryl/α,β-unsaturated/α-hetero) is 2. The molecule has 148 valence electrons. The van der Waals surface area contributed by atoms with Crippen LogP contribution in [0.15, 0.2) is 61.2 Å². The van der Waals surface area contributed by atoms with Crippen molar-refractivity contribution in [2.75, 3.05) is 0 Å². The van der Waals surface area contributed by atoms with Gasteiger partial charge in [0.2, 0.25) is 0 Å². The first kappa shape index (κ1) is 19.5. The second kappa shape index (κ2) is 8.29. The van der Waals surface area contributed by atoms with Crippen LogP contribution in [0.1, 0.15) is 43.2 Å². The van der Waals surface area contributed by atoms with Gasteiger partial charge in [0.05, 0.1) is 35.3 Å². The first-order chi connectivity index (χ1) is 14.5. The molecule has 4 rings (SSSR count). The molecule has 3 heterocycles. The molecule has 0 radical (unpaired) electrons. The number of hydrogen-bond acceptors (Lipinski definition) is 6. The van der Waals surface area contributed by atoms with Crippen LogP contribution in [-0.2, 0) is 12.8 Å². The standard InChI is InChI=1S/C24H20N4O2/c1-15-11-19-20(12-16(15)2)28-22(14-24(30)18-5-9-26-10-6-18)21(27-19)13-23(29)17-3-7-25-8-4-17/h3-12H,13-14H2,1-2H3. The number of nitrogens with zero attached hydrogens (tertiary/aromatic N) is 4. The topological polar surface area (TPSA) is 85.7 Å². The molecule has 0 unspecified atom stereocenters. The van der Waals surface area contributed by atoms with Gasteiger partial charge in [0.1, 0.15) is 0 Å². The summed E-state index contributed by atoms with van der Waals surface area (Å²) in [6, 6.07) is 10.6. The van der Waals surface area contributed by atoms with Crippen molar-refractivity contribution < 1.29 is 9.59 Å². The molecule has 0 bridgehead atoms. The molecule has 0 atom stereocenters. The Morgan fingerprint density at radius 1 is 0.667 bits per heavy atom. The molecule has 0 aliphatic heterocycles. The van der Waals surface area contributed by atoms with Gasteiger partial charge in [-0.15, -0.1) is 0 Å². The Hall–Kier alpha value is -3.80. The van der Waals surface area contributed by atoms with Crippen molar-refractivity contribution in [3.8, 4) is 0 Å². The first-order valence-corrected chi connectivity index (χ1v) is 9.64. The van der Waals surface area contributed by atoms with E-state index in [2.05, 4.69) is 9.97 Å². The minimum atomic E-state index is -0.0903. The molecule has 0 aliphatic rings. The molecule has 3 aromatic heterocycles. The van der Waals surface area contributed by atoms with Crippen molar-refractivity contribution in [3.05, 3.63) is 94.8 Å². The minimum Gasteiger partial charge on any atom is -0.294 e. The Bertz CT molecular complexity index is 1140. The SMILES string of the molecule is Cc1cc2nc(CC(=O)c3ccncc3)c(CC(=O)c3ccncc3)nc2cc1C. The summed E-state index contributed by atoms with van der Waals surface area (Å²) in [6.45, 7) is 4.03. The first-order valence-electron chi connectivity index (χ1n) is 9.64. The highest BCUT2D eigenvalue weighted by Crippen LogP contribution is 2.20. The van der Waals surface area contributed by atoms with Gasteiger partial charge in [0.15, 0.2) is 11.6 Å². The Morgan fingerprint density at radius 3 is 1.40 bits per heavy atom. The highest BCUT2D eigenvalue weighted by molar-refractivity contribution is 5.99. The average Bonchev–Trinajstić information content (AvgIpc) is 2.76. The predicted octanol–water partition coefficient (Wildman–Crippen LogP) is 3.89. The molecule has 1 aromatic carbocycles. The number of pyridine rings is 2. The lowest BCUT2D eigenvalue weighted by Crippen LogP contribution is -2.14. The van der Waals surface area contributed by atoms with Crippen LogP contribution >= 0.6 is 0 Å². The maximum Gasteiger partial charge on any atom is 0.168 e. The summed E-state index contributed by atoms with van der Waals surface area (Å²) in [6.07, 6.45) is 6.47. The fraction of sp³-hybridized carbons (Fsp3) is 0.167. The number of carbonyl (C=O) groups excluding carboxylic acids is 2. The predicted molar refractivity (Wildman–Crippen MR) is 114 cm³/mol. The fourth-order valence-corrected chi connectivity index (χ4v) is 3.25. The second-order valence-electron chi connectivity index (χ2n) is 7.21. The zero-order valence-electron chi connectivity index (χ0n) is 16.8. The van der Waals surface area contributed by atoms with E-state index in [0.29, 0.717) is 22.5 Å². The summed E-state index contributed by atoms with van der Waals surface area (Å²) in [7, 11) is 0. The number of fused-ring (bicyclic) bond motifs is 1. The number of rotatable bonds is 6. The van der Waals surface area contributed by atoms with Crippen molar-refractivity contribution in [1.29, 1.82) is 0 Å². The quantitative estimate of drug-likeness (QED) is 0.460. The Balaban J connectivity index is 1.75. The van der Waals surface area contributed by atoms with Crippen molar-refractivity contribution in [2.24, 2.45) is 0 Å². The van der Waals surface area contributed by atoms with E-state index in [1.54, 1.807) is 49.1 Å². The molecule has 30 heavy (non-hydrogen) atoms. The third-order valence-corrected chi connectivity index (χ3v) is 5.10. The van der Waals surface area contributed by atoms with Crippen molar-refractivity contribution in [1.82, 2.24) is 19.9 Å². The lowest BCUT2D eigenvalue weighted by atomic mass is 10.0. The van der Waals surface area contributed by atoms with E-state index >= 15 is 0 Å². The van der Waals surface area contributed by atoms with Gasteiger partial charge in [-0.2, -0.15) is 0 Å². The molecule has 6 nitrogen and oxygen atoms in total. The summed E-state index contributed by atoms with van der Waals surface area (Å²) in [5.74, 6) is -0.181. The molecule has 4 aromatic rings. The zero-order chi connectivity index (χ0) is 21.1. The van der Waals surface area contributed by atoms with Crippen LogP contribution in [-0.4, -0.2) is 31.5 Å². The third-order valence-electron chi connectivity index (χ3n) is 5.10. The lowest BCUT2D eigenvalue weighted by molar-refractivity contribution is 0.0977. The highest BCUT2D eigenvalue weighted by Gasteiger charge is 2.18. The number of carbonyl (C=O) groups is 2. The number of benzene rings is 1. The third kappa shape index (κ3) is 4.12. The molecule has 0 saturated carbocycles. The van der Waals surface area contributed by atoms with E-state index in [1.165, 1.54) is 0 Å². The maximum absolute atomic E-state index is 12.8. The number of aromatic nitrogens is 4. The number of aryl methyl sites for hydroxylation is 2. The van der Waals surface area contributed by atoms with Gasteiger partial charge in [0.25, 0.3) is 0 Å². The van der Waals surface area contributed by atoms with Crippen LogP contribution in [0.3, 0.4) is 0 Å². The number of hydrogen-bond donors (Lipinski definition) is 0. The largest absolute Gasteiger partial charge is 0.294 e. The molecule has 0 N–H and O–H groups in total. The van der Waals surface area contributed by atoms with Gasteiger partial charge >= 0.3 is 0 Å². The van der Waals surface area contributed by atoms with Gasteiger partial charge in [-0.1, -0.05) is 0 Å². The Morgan fingerprint density at radius 2 is 1.03 bits per heavy atom. The zero-order valence-corrected chi connectivity index (χ0v) is 16.8. The van der Waals surface area contributed by atoms with E-state index in [1.807, 2.05) is 26.0 Å². The molecular formula is C24H20N4O2. The van der Waals surface area contributed by atoms with E-state index in [0.717, 1.165) is 22.2 Å². The van der Waals surface area contributed by atoms with Crippen LogP contribution in [0.4, 0.5) is 0 Å². The summed E-state index contributed by atoms with van der Waals surface area (Å²) >= 11 is 0. The molecular weight excluding hydrogens is 376 g/mol. The minimum absolute atomic E-state index is 0.0683. The monoisotopic (exact) mass is 396 g/mol. The van der Waals surface area contributed by atoms with Crippen molar-refractivity contribution >= 4 is 22.6 Å². The Kier molecular flexibility index (Phi) is 5.39. The van der Waals surface area contributed by atoms with Crippen LogP contribution in [0.2, 0.25) is 0 Å². The maximum atomic E-state index is 12.8. The summed E-state index contributed by atoms with van der Waals surface area (Å²) in [5.41, 5.74) is 5.79. The normalized spacial score (nSPS) is 10.9. The van der Waals surface area contributed by atoms with Gasteiger partial charge in [0, 0.05) is 35.9 Å². The van der Waals surface area contributed by atoms with E-state index < -0.39 is 0 Å². The van der Waals surface area contributed by atoms with E-state index in [4.69, 9.17) is 9.97 Å². The van der Waals surface area contributed by atoms with Gasteiger partial charge in [-0.3, -0.25) is 19.6 Å². The molecule has 0 fully saturated rings. The molecule has 6 heteroatoms. The van der Waals surface area contributed by atoms with Crippen LogP contribution in [0.25, 0.3) is 11.0 Å².